The molecular formula is C13H24N4O. The Hall–Kier alpha value is -0.910. The van der Waals surface area contributed by atoms with Crippen molar-refractivity contribution in [2.75, 3.05) is 19.7 Å². The summed E-state index contributed by atoms with van der Waals surface area (Å²) < 4.78 is 7.68. The van der Waals surface area contributed by atoms with E-state index in [2.05, 4.69) is 23.1 Å². The monoisotopic (exact) mass is 252 g/mol. The molecule has 2 unspecified atom stereocenters. The number of aromatic nitrogens is 2. The second kappa shape index (κ2) is 6.31. The van der Waals surface area contributed by atoms with Crippen LogP contribution in [0.2, 0.25) is 0 Å². The summed E-state index contributed by atoms with van der Waals surface area (Å²) in [6.07, 6.45) is 5.38. The quantitative estimate of drug-likeness (QED) is 0.844. The molecule has 1 aliphatic heterocycles. The van der Waals surface area contributed by atoms with Crippen LogP contribution in [0.1, 0.15) is 25.8 Å². The lowest BCUT2D eigenvalue weighted by atomic mass is 10.1. The van der Waals surface area contributed by atoms with E-state index in [1.54, 1.807) is 0 Å². The fourth-order valence-electron chi connectivity index (χ4n) is 2.29. The summed E-state index contributed by atoms with van der Waals surface area (Å²) >= 11 is 0. The van der Waals surface area contributed by atoms with Crippen LogP contribution in [0.3, 0.4) is 0 Å². The van der Waals surface area contributed by atoms with Crippen LogP contribution in [-0.2, 0) is 17.8 Å². The zero-order valence-electron chi connectivity index (χ0n) is 11.4. The predicted molar refractivity (Wildman–Crippen MR) is 71.2 cm³/mol. The maximum atomic E-state index is 5.90. The van der Waals surface area contributed by atoms with Crippen molar-refractivity contribution in [3.63, 3.8) is 0 Å². The summed E-state index contributed by atoms with van der Waals surface area (Å²) in [5.41, 5.74) is 7.17. The molecule has 0 radical (unpaired) electrons. The van der Waals surface area contributed by atoms with Gasteiger partial charge in [-0.15, -0.1) is 0 Å². The smallest absolute Gasteiger partial charge is 0.0850 e. The van der Waals surface area contributed by atoms with Crippen LogP contribution in [-0.4, -0.2) is 46.5 Å². The van der Waals surface area contributed by atoms with Crippen molar-refractivity contribution in [1.29, 1.82) is 0 Å². The molecule has 2 heterocycles. The molecule has 1 aliphatic rings. The largest absolute Gasteiger partial charge is 0.374 e. The van der Waals surface area contributed by atoms with E-state index in [4.69, 9.17) is 10.5 Å². The van der Waals surface area contributed by atoms with Gasteiger partial charge in [-0.3, -0.25) is 9.58 Å². The average molecular weight is 252 g/mol. The van der Waals surface area contributed by atoms with Crippen LogP contribution < -0.4 is 5.73 Å². The number of rotatable bonds is 5. The minimum atomic E-state index is 0.0932. The summed E-state index contributed by atoms with van der Waals surface area (Å²) in [5, 5.41) is 4.36. The van der Waals surface area contributed by atoms with Crippen LogP contribution >= 0.6 is 0 Å². The number of nitrogens with two attached hydrogens (primary N) is 1. The minimum absolute atomic E-state index is 0.0932. The fourth-order valence-corrected chi connectivity index (χ4v) is 2.29. The number of hydrogen-bond donors (Lipinski definition) is 1. The zero-order valence-corrected chi connectivity index (χ0v) is 11.4. The first-order chi connectivity index (χ1) is 8.69. The molecule has 0 aromatic carbocycles. The van der Waals surface area contributed by atoms with Crippen molar-refractivity contribution in [1.82, 2.24) is 14.7 Å². The molecule has 5 nitrogen and oxygen atoms in total. The highest BCUT2D eigenvalue weighted by Gasteiger charge is 2.23. The number of ether oxygens (including phenoxy) is 1. The van der Waals surface area contributed by atoms with Crippen molar-refractivity contribution >= 4 is 0 Å². The lowest BCUT2D eigenvalue weighted by Gasteiger charge is -2.34. The molecule has 2 atom stereocenters. The van der Waals surface area contributed by atoms with E-state index in [0.29, 0.717) is 0 Å². The third kappa shape index (κ3) is 3.54. The molecule has 0 saturated carbocycles. The molecule has 2 N–H and O–H groups in total. The third-order valence-corrected chi connectivity index (χ3v) is 3.31. The summed E-state index contributed by atoms with van der Waals surface area (Å²) in [4.78, 5) is 2.39. The molecular weight excluding hydrogens is 228 g/mol. The van der Waals surface area contributed by atoms with Gasteiger partial charge in [0.05, 0.1) is 18.9 Å². The number of aryl methyl sites for hydroxylation is 1. The van der Waals surface area contributed by atoms with Gasteiger partial charge in [0.2, 0.25) is 0 Å². The summed E-state index contributed by atoms with van der Waals surface area (Å²) in [7, 11) is 0. The zero-order chi connectivity index (χ0) is 13.0. The van der Waals surface area contributed by atoms with Crippen molar-refractivity contribution in [2.45, 2.75) is 45.5 Å². The molecule has 102 valence electrons. The van der Waals surface area contributed by atoms with Gasteiger partial charge in [0, 0.05) is 44.0 Å². The Balaban J connectivity index is 1.87. The Morgan fingerprint density at radius 1 is 1.61 bits per heavy atom. The maximum Gasteiger partial charge on any atom is 0.0850 e. The highest BCUT2D eigenvalue weighted by molar-refractivity contribution is 5.04. The summed E-state index contributed by atoms with van der Waals surface area (Å²) in [6.45, 7) is 8.76. The van der Waals surface area contributed by atoms with Gasteiger partial charge >= 0.3 is 0 Å². The van der Waals surface area contributed by atoms with E-state index >= 15 is 0 Å². The standard InChI is InChI=1S/C13H24N4O/c1-3-4-17-9-12(7-15-17)8-16-5-6-18-13(10-16)11(2)14/h7,9,11,13H,3-6,8,10,14H2,1-2H3. The van der Waals surface area contributed by atoms with Crippen LogP contribution in [0.4, 0.5) is 0 Å². The molecule has 0 aliphatic carbocycles. The van der Waals surface area contributed by atoms with Crippen molar-refractivity contribution in [3.8, 4) is 0 Å². The molecule has 0 amide bonds. The maximum absolute atomic E-state index is 5.90. The minimum Gasteiger partial charge on any atom is -0.374 e. The predicted octanol–water partition coefficient (Wildman–Crippen LogP) is 0.841. The van der Waals surface area contributed by atoms with Crippen LogP contribution in [0, 0.1) is 0 Å². The normalized spacial score (nSPS) is 23.2. The van der Waals surface area contributed by atoms with Gasteiger partial charge in [-0.1, -0.05) is 6.92 Å². The van der Waals surface area contributed by atoms with E-state index in [1.165, 1.54) is 5.56 Å². The first-order valence-corrected chi connectivity index (χ1v) is 6.80. The lowest BCUT2D eigenvalue weighted by Crippen LogP contribution is -2.49. The molecule has 1 aromatic rings. The number of morpholine rings is 1. The van der Waals surface area contributed by atoms with Crippen LogP contribution in [0.15, 0.2) is 12.4 Å². The van der Waals surface area contributed by atoms with Gasteiger partial charge in [0.25, 0.3) is 0 Å². The molecule has 18 heavy (non-hydrogen) atoms. The van der Waals surface area contributed by atoms with Gasteiger partial charge in [0.1, 0.15) is 0 Å². The van der Waals surface area contributed by atoms with Crippen LogP contribution in [0.25, 0.3) is 0 Å². The lowest BCUT2D eigenvalue weighted by molar-refractivity contribution is -0.0403. The summed E-state index contributed by atoms with van der Waals surface area (Å²) in [5.74, 6) is 0. The van der Waals surface area contributed by atoms with Gasteiger partial charge in [0.15, 0.2) is 0 Å². The molecule has 5 heteroatoms. The van der Waals surface area contributed by atoms with E-state index in [0.717, 1.165) is 39.2 Å². The topological polar surface area (TPSA) is 56.3 Å². The van der Waals surface area contributed by atoms with Crippen molar-refractivity contribution in [2.24, 2.45) is 5.73 Å². The van der Waals surface area contributed by atoms with Crippen molar-refractivity contribution < 1.29 is 4.74 Å². The van der Waals surface area contributed by atoms with Crippen molar-refractivity contribution in [3.05, 3.63) is 18.0 Å². The number of nitrogens with zero attached hydrogens (tertiary/aromatic N) is 3. The highest BCUT2D eigenvalue weighted by Crippen LogP contribution is 2.11. The highest BCUT2D eigenvalue weighted by atomic mass is 16.5. The SMILES string of the molecule is CCCn1cc(CN2CCOC(C(C)N)C2)cn1. The average Bonchev–Trinajstić information content (AvgIpc) is 2.77. The van der Waals surface area contributed by atoms with E-state index in [-0.39, 0.29) is 12.1 Å². The molecule has 1 saturated heterocycles. The molecule has 0 spiro atoms. The van der Waals surface area contributed by atoms with E-state index < -0.39 is 0 Å². The first-order valence-electron chi connectivity index (χ1n) is 6.80. The Morgan fingerprint density at radius 2 is 2.44 bits per heavy atom. The van der Waals surface area contributed by atoms with Gasteiger partial charge in [-0.2, -0.15) is 5.10 Å². The molecule has 1 aromatic heterocycles. The fraction of sp³-hybridized carbons (Fsp3) is 0.769. The van der Waals surface area contributed by atoms with Gasteiger partial charge in [-0.25, -0.2) is 0 Å². The first kappa shape index (κ1) is 13.5. The summed E-state index contributed by atoms with van der Waals surface area (Å²) in [6, 6.07) is 0.0932. The van der Waals surface area contributed by atoms with E-state index in [9.17, 15) is 0 Å². The number of hydrogen-bond acceptors (Lipinski definition) is 4. The molecule has 2 rings (SSSR count). The van der Waals surface area contributed by atoms with Gasteiger partial charge < -0.3 is 10.5 Å². The second-order valence-corrected chi connectivity index (χ2v) is 5.12. The third-order valence-electron chi connectivity index (χ3n) is 3.31. The molecule has 0 bridgehead atoms. The Labute approximate surface area is 109 Å². The Morgan fingerprint density at radius 3 is 3.17 bits per heavy atom. The van der Waals surface area contributed by atoms with Gasteiger partial charge in [-0.05, 0) is 13.3 Å². The second-order valence-electron chi connectivity index (χ2n) is 5.12. The Kier molecular flexibility index (Phi) is 4.74. The van der Waals surface area contributed by atoms with E-state index in [1.807, 2.05) is 17.8 Å². The molecule has 1 fully saturated rings. The van der Waals surface area contributed by atoms with Crippen LogP contribution in [0.5, 0.6) is 0 Å². The Bertz CT molecular complexity index is 364.